The van der Waals surface area contributed by atoms with Crippen molar-refractivity contribution >= 4 is 40.7 Å². The monoisotopic (exact) mass is 729 g/mol. The van der Waals surface area contributed by atoms with E-state index in [4.69, 9.17) is 17.3 Å². The summed E-state index contributed by atoms with van der Waals surface area (Å²) in [6.07, 6.45) is -1.36. The molecule has 0 aliphatic carbocycles. The number of alkyl halides is 3. The number of piperidine rings is 1. The lowest BCUT2D eigenvalue weighted by atomic mass is 9.91. The summed E-state index contributed by atoms with van der Waals surface area (Å²) >= 11 is 6.49. The minimum atomic E-state index is -4.82. The highest BCUT2D eigenvalue weighted by Gasteiger charge is 2.41. The van der Waals surface area contributed by atoms with Gasteiger partial charge in [0, 0.05) is 51.5 Å². The summed E-state index contributed by atoms with van der Waals surface area (Å²) in [6, 6.07) is 7.25. The van der Waals surface area contributed by atoms with E-state index in [1.54, 1.807) is 9.80 Å². The summed E-state index contributed by atoms with van der Waals surface area (Å²) in [5.74, 6) is -1.71. The number of amides is 3. The molecular formula is C33H37ClF3N10O4+. The average molecular weight is 730 g/mol. The van der Waals surface area contributed by atoms with Gasteiger partial charge in [0.1, 0.15) is 12.6 Å². The molecule has 0 spiro atoms. The van der Waals surface area contributed by atoms with E-state index in [-0.39, 0.29) is 64.1 Å². The van der Waals surface area contributed by atoms with Gasteiger partial charge in [0.15, 0.2) is 17.3 Å². The Hall–Kier alpha value is -5.00. The van der Waals surface area contributed by atoms with Gasteiger partial charge in [-0.1, -0.05) is 11.6 Å². The second-order valence-electron chi connectivity index (χ2n) is 13.4. The first-order valence-electron chi connectivity index (χ1n) is 16.1. The molecule has 2 atom stereocenters. The van der Waals surface area contributed by atoms with Gasteiger partial charge in [-0.05, 0) is 30.3 Å². The number of aliphatic hydroxyl groups excluding tert-OH is 1. The molecule has 4 N–H and O–H groups in total. The zero-order valence-corrected chi connectivity index (χ0v) is 28.8. The standard InChI is InChI=1S/C33H36ClF3N10O4/c1-43-25(23-17-46(42-28(23)33(35,36)37)27-7-4-19(38)15-39-27)16-40-29(43)30(49)41-20-5-6-21(24(34)14-20)31(50)44-9-11-45(12-10-44)32(51)22-8-13-47(2,3)18-26(22)48/h4-7,14-17,22,26,48H,8-13,18,38H2,1-3H3/p+1. The molecule has 1 aromatic carbocycles. The number of carbonyl (C=O) groups excluding carboxylic acids is 3. The van der Waals surface area contributed by atoms with E-state index >= 15 is 0 Å². The van der Waals surface area contributed by atoms with Crippen molar-refractivity contribution in [3.05, 3.63) is 71.0 Å². The topological polar surface area (TPSA) is 164 Å². The zero-order valence-electron chi connectivity index (χ0n) is 28.1. The summed E-state index contributed by atoms with van der Waals surface area (Å²) in [5.41, 5.74) is 4.87. The Kier molecular flexibility index (Phi) is 9.56. The predicted molar refractivity (Wildman–Crippen MR) is 181 cm³/mol. The summed E-state index contributed by atoms with van der Waals surface area (Å²) in [7, 11) is 5.45. The molecule has 51 heavy (non-hydrogen) atoms. The van der Waals surface area contributed by atoms with E-state index < -0.39 is 29.8 Å². The van der Waals surface area contributed by atoms with Crippen LogP contribution in [0.15, 0.2) is 48.9 Å². The number of nitrogen functional groups attached to an aromatic ring is 1. The number of likely N-dealkylation sites (tertiary alicyclic amines) is 1. The highest BCUT2D eigenvalue weighted by atomic mass is 35.5. The smallest absolute Gasteiger partial charge is 0.397 e. The van der Waals surface area contributed by atoms with Crippen molar-refractivity contribution in [1.82, 2.24) is 34.1 Å². The molecule has 4 aromatic rings. The van der Waals surface area contributed by atoms with E-state index in [2.05, 4.69) is 20.4 Å². The van der Waals surface area contributed by atoms with Gasteiger partial charge in [0.2, 0.25) is 5.91 Å². The molecule has 18 heteroatoms. The van der Waals surface area contributed by atoms with Gasteiger partial charge in [-0.2, -0.15) is 18.3 Å². The van der Waals surface area contributed by atoms with Crippen LogP contribution in [0.4, 0.5) is 24.5 Å². The number of aliphatic hydroxyl groups is 1. The Morgan fingerprint density at radius 2 is 1.75 bits per heavy atom. The summed E-state index contributed by atoms with van der Waals surface area (Å²) in [4.78, 5) is 51.1. The van der Waals surface area contributed by atoms with Crippen LogP contribution < -0.4 is 11.1 Å². The van der Waals surface area contributed by atoms with E-state index in [0.29, 0.717) is 36.2 Å². The maximum atomic E-state index is 14.0. The Morgan fingerprint density at radius 1 is 1.04 bits per heavy atom. The number of benzene rings is 1. The number of hydrogen-bond acceptors (Lipinski definition) is 8. The van der Waals surface area contributed by atoms with Crippen LogP contribution in [0.3, 0.4) is 0 Å². The Labute approximate surface area is 295 Å². The number of imidazole rings is 1. The van der Waals surface area contributed by atoms with Gasteiger partial charge in [-0.15, -0.1) is 0 Å². The van der Waals surface area contributed by atoms with Crippen LogP contribution in [0, 0.1) is 5.92 Å². The van der Waals surface area contributed by atoms with E-state index in [0.717, 1.165) is 23.6 Å². The number of carbonyl (C=O) groups is 3. The van der Waals surface area contributed by atoms with Crippen molar-refractivity contribution in [3.63, 3.8) is 0 Å². The summed E-state index contributed by atoms with van der Waals surface area (Å²) in [6.45, 7) is 2.53. The SMILES string of the molecule is Cn1c(-c2cn(-c3ccc(N)cn3)nc2C(F)(F)F)cnc1C(=O)Nc1ccc(C(=O)N2CCN(C(=O)C3CC[N+](C)(C)CC3O)CC2)c(Cl)c1. The van der Waals surface area contributed by atoms with Gasteiger partial charge >= 0.3 is 6.18 Å². The third kappa shape index (κ3) is 7.41. The number of rotatable bonds is 6. The molecule has 3 aromatic heterocycles. The number of likely N-dealkylation sites (N-methyl/N-ethyl adjacent to an activating group) is 1. The van der Waals surface area contributed by atoms with Crippen LogP contribution in [0.5, 0.6) is 0 Å². The number of piperazine rings is 1. The zero-order chi connectivity index (χ0) is 36.8. The Morgan fingerprint density at radius 3 is 2.37 bits per heavy atom. The van der Waals surface area contributed by atoms with Gasteiger partial charge < -0.3 is 35.0 Å². The van der Waals surface area contributed by atoms with Crippen molar-refractivity contribution in [3.8, 4) is 17.1 Å². The Balaban J connectivity index is 1.11. The molecule has 0 radical (unpaired) electrons. The molecule has 270 valence electrons. The number of aromatic nitrogens is 5. The molecule has 0 bridgehead atoms. The minimum Gasteiger partial charge on any atom is -0.397 e. The number of anilines is 2. The molecule has 0 saturated carbocycles. The molecular weight excluding hydrogens is 693 g/mol. The van der Waals surface area contributed by atoms with Crippen molar-refractivity contribution < 1.29 is 37.1 Å². The maximum Gasteiger partial charge on any atom is 0.435 e. The number of nitrogens with zero attached hydrogens (tertiary/aromatic N) is 8. The van der Waals surface area contributed by atoms with E-state index in [1.807, 2.05) is 14.1 Å². The molecule has 6 rings (SSSR count). The molecule has 2 aliphatic heterocycles. The third-order valence-electron chi connectivity index (χ3n) is 9.30. The number of pyridine rings is 1. The highest BCUT2D eigenvalue weighted by molar-refractivity contribution is 6.34. The van der Waals surface area contributed by atoms with Crippen molar-refractivity contribution in [1.29, 1.82) is 0 Å². The highest BCUT2D eigenvalue weighted by Crippen LogP contribution is 2.37. The van der Waals surface area contributed by atoms with Gasteiger partial charge in [-0.3, -0.25) is 14.4 Å². The fourth-order valence-electron chi connectivity index (χ4n) is 6.47. The number of hydrogen-bond donors (Lipinski definition) is 3. The third-order valence-corrected chi connectivity index (χ3v) is 9.61. The van der Waals surface area contributed by atoms with Crippen LogP contribution in [0.1, 0.15) is 33.1 Å². The maximum absolute atomic E-state index is 14.0. The molecule has 2 unspecified atom stereocenters. The predicted octanol–water partition coefficient (Wildman–Crippen LogP) is 2.92. The summed E-state index contributed by atoms with van der Waals surface area (Å²) in [5, 5.41) is 17.0. The fourth-order valence-corrected chi connectivity index (χ4v) is 6.74. The average Bonchev–Trinajstić information content (AvgIpc) is 3.68. The first kappa shape index (κ1) is 35.8. The molecule has 5 heterocycles. The second-order valence-corrected chi connectivity index (χ2v) is 13.8. The van der Waals surface area contributed by atoms with Crippen LogP contribution >= 0.6 is 11.6 Å². The summed E-state index contributed by atoms with van der Waals surface area (Å²) < 4.78 is 44.9. The second kappa shape index (κ2) is 13.6. The van der Waals surface area contributed by atoms with Crippen LogP contribution in [0.25, 0.3) is 17.1 Å². The number of nitrogens with two attached hydrogens (primary N) is 1. The molecule has 2 aliphatic rings. The normalized spacial score (nSPS) is 19.2. The van der Waals surface area contributed by atoms with Crippen molar-refractivity contribution in [2.24, 2.45) is 13.0 Å². The largest absolute Gasteiger partial charge is 0.435 e. The minimum absolute atomic E-state index is 0.0203. The first-order valence-corrected chi connectivity index (χ1v) is 16.5. The van der Waals surface area contributed by atoms with Crippen LogP contribution in [-0.2, 0) is 18.0 Å². The lowest BCUT2D eigenvalue weighted by molar-refractivity contribution is -0.899. The quantitative estimate of drug-likeness (QED) is 0.255. The number of halogens is 4. The fraction of sp³-hybridized carbons (Fsp3) is 0.394. The van der Waals surface area contributed by atoms with Crippen LogP contribution in [-0.4, -0.2) is 121 Å². The van der Waals surface area contributed by atoms with Crippen molar-refractivity contribution in [2.75, 3.05) is 64.4 Å². The molecule has 14 nitrogen and oxygen atoms in total. The van der Waals surface area contributed by atoms with Gasteiger partial charge in [-0.25, -0.2) is 14.6 Å². The van der Waals surface area contributed by atoms with Crippen LogP contribution in [0.2, 0.25) is 5.02 Å². The number of quaternary nitrogens is 1. The van der Waals surface area contributed by atoms with Gasteiger partial charge in [0.05, 0.1) is 66.5 Å². The van der Waals surface area contributed by atoms with E-state index in [1.165, 1.54) is 48.1 Å². The van der Waals surface area contributed by atoms with Gasteiger partial charge in [0.25, 0.3) is 11.8 Å². The molecule has 2 saturated heterocycles. The number of nitrogens with one attached hydrogen (secondary N) is 1. The first-order chi connectivity index (χ1) is 24.0. The van der Waals surface area contributed by atoms with E-state index in [9.17, 15) is 32.7 Å². The molecule has 2 fully saturated rings. The lowest BCUT2D eigenvalue weighted by Crippen LogP contribution is -2.58. The lowest BCUT2D eigenvalue weighted by Gasteiger charge is -2.42. The van der Waals surface area contributed by atoms with Crippen molar-refractivity contribution in [2.45, 2.75) is 18.7 Å². The Bertz CT molecular complexity index is 1970. The molecule has 3 amide bonds.